The van der Waals surface area contributed by atoms with Gasteiger partial charge >= 0.3 is 0 Å². The fourth-order valence-electron chi connectivity index (χ4n) is 3.73. The van der Waals surface area contributed by atoms with E-state index in [4.69, 9.17) is 0 Å². The highest BCUT2D eigenvalue weighted by atomic mass is 16.2. The Morgan fingerprint density at radius 1 is 0.964 bits per heavy atom. The van der Waals surface area contributed by atoms with Crippen LogP contribution in [-0.2, 0) is 13.1 Å². The van der Waals surface area contributed by atoms with E-state index < -0.39 is 0 Å². The topological polar surface area (TPSA) is 43.1 Å². The van der Waals surface area contributed by atoms with Crippen molar-refractivity contribution in [1.82, 2.24) is 14.3 Å². The van der Waals surface area contributed by atoms with Gasteiger partial charge in [-0.2, -0.15) is 5.10 Å². The molecule has 5 heteroatoms. The summed E-state index contributed by atoms with van der Waals surface area (Å²) in [4.78, 5) is 15.3. The van der Waals surface area contributed by atoms with Gasteiger partial charge in [0.15, 0.2) is 0 Å². The number of aryl methyl sites for hydroxylation is 1. The number of nitrogens with zero attached hydrogens (tertiary/aromatic N) is 4. The van der Waals surface area contributed by atoms with Crippen molar-refractivity contribution in [3.8, 4) is 5.69 Å². The van der Waals surface area contributed by atoms with Crippen molar-refractivity contribution in [3.05, 3.63) is 102 Å². The summed E-state index contributed by atoms with van der Waals surface area (Å²) in [5, 5.41) is 4.33. The van der Waals surface area contributed by atoms with Crippen molar-refractivity contribution in [2.75, 3.05) is 4.90 Å². The van der Waals surface area contributed by atoms with Crippen LogP contribution >= 0.6 is 0 Å². The lowest BCUT2D eigenvalue weighted by Crippen LogP contribution is -2.30. The normalized spacial score (nSPS) is 13.0. The average Bonchev–Trinajstić information content (AvgIpc) is 3.32. The molecule has 0 aliphatic carbocycles. The van der Waals surface area contributed by atoms with E-state index in [0.717, 1.165) is 34.7 Å². The van der Waals surface area contributed by atoms with Crippen molar-refractivity contribution in [1.29, 1.82) is 0 Å². The van der Waals surface area contributed by atoms with Crippen molar-refractivity contribution < 1.29 is 4.79 Å². The molecule has 0 saturated heterocycles. The molecule has 28 heavy (non-hydrogen) atoms. The molecule has 0 atom stereocenters. The highest BCUT2D eigenvalue weighted by molar-refractivity contribution is 6.06. The average molecular weight is 368 g/mol. The molecular formula is C23H20N4O. The van der Waals surface area contributed by atoms with Crippen LogP contribution < -0.4 is 4.90 Å². The molecule has 0 saturated carbocycles. The molecule has 1 amide bonds. The van der Waals surface area contributed by atoms with Crippen LogP contribution in [0.4, 0.5) is 5.69 Å². The number of carbonyl (C=O) groups is 1. The van der Waals surface area contributed by atoms with Gasteiger partial charge in [0.2, 0.25) is 0 Å². The minimum Gasteiger partial charge on any atom is -0.345 e. The van der Waals surface area contributed by atoms with Crippen LogP contribution in [0.1, 0.15) is 27.2 Å². The summed E-state index contributed by atoms with van der Waals surface area (Å²) in [6.07, 6.45) is 5.86. The van der Waals surface area contributed by atoms with Crippen molar-refractivity contribution >= 4 is 11.6 Å². The van der Waals surface area contributed by atoms with Crippen molar-refractivity contribution in [2.24, 2.45) is 0 Å². The summed E-state index contributed by atoms with van der Waals surface area (Å²) in [5.41, 5.74) is 5.96. The molecule has 1 aliphatic rings. The number of benzene rings is 2. The minimum atomic E-state index is 0.00490. The Bertz CT molecular complexity index is 1150. The van der Waals surface area contributed by atoms with Gasteiger partial charge in [0, 0.05) is 35.9 Å². The van der Waals surface area contributed by atoms with Gasteiger partial charge in [0.25, 0.3) is 5.91 Å². The van der Waals surface area contributed by atoms with Gasteiger partial charge in [-0.3, -0.25) is 4.79 Å². The molecule has 2 aromatic heterocycles. The third kappa shape index (κ3) is 2.81. The second-order valence-electron chi connectivity index (χ2n) is 7.16. The van der Waals surface area contributed by atoms with E-state index >= 15 is 0 Å². The summed E-state index contributed by atoms with van der Waals surface area (Å²) < 4.78 is 4.02. The molecule has 138 valence electrons. The first-order chi connectivity index (χ1) is 13.7. The van der Waals surface area contributed by atoms with Crippen molar-refractivity contribution in [2.45, 2.75) is 20.0 Å². The molecule has 0 fully saturated rings. The Morgan fingerprint density at radius 3 is 2.57 bits per heavy atom. The number of fused-ring (bicyclic) bond motifs is 2. The lowest BCUT2D eigenvalue weighted by Gasteiger charge is -2.23. The minimum absolute atomic E-state index is 0.00490. The highest BCUT2D eigenvalue weighted by Gasteiger charge is 2.24. The standard InChI is InChI=1S/C23H20N4O/c1-17-13-24-27(14-17)20-10-8-18(9-11-20)23(28)26-16-21-6-4-12-25(21)15-19-5-2-3-7-22(19)26/h2-14H,15-16H2,1H3. The number of anilines is 1. The highest BCUT2D eigenvalue weighted by Crippen LogP contribution is 2.29. The van der Waals surface area contributed by atoms with Gasteiger partial charge < -0.3 is 9.47 Å². The molecule has 5 nitrogen and oxygen atoms in total. The van der Waals surface area contributed by atoms with Crippen LogP contribution in [0.2, 0.25) is 0 Å². The number of para-hydroxylation sites is 1. The molecule has 0 unspecified atom stereocenters. The Kier molecular flexibility index (Phi) is 3.86. The van der Waals surface area contributed by atoms with E-state index in [2.05, 4.69) is 28.0 Å². The molecule has 0 spiro atoms. The fourth-order valence-corrected chi connectivity index (χ4v) is 3.73. The molecule has 0 N–H and O–H groups in total. The largest absolute Gasteiger partial charge is 0.345 e. The van der Waals surface area contributed by atoms with E-state index in [0.29, 0.717) is 12.1 Å². The molecule has 4 aromatic rings. The monoisotopic (exact) mass is 368 g/mol. The van der Waals surface area contributed by atoms with Crippen LogP contribution in [0, 0.1) is 6.92 Å². The Balaban J connectivity index is 1.50. The summed E-state index contributed by atoms with van der Waals surface area (Å²) in [6.45, 7) is 3.34. The second kappa shape index (κ2) is 6.53. The fraction of sp³-hybridized carbons (Fsp3) is 0.130. The number of aromatic nitrogens is 3. The predicted molar refractivity (Wildman–Crippen MR) is 109 cm³/mol. The van der Waals surface area contributed by atoms with E-state index in [-0.39, 0.29) is 5.91 Å². The van der Waals surface area contributed by atoms with Crippen LogP contribution in [0.3, 0.4) is 0 Å². The van der Waals surface area contributed by atoms with E-state index in [1.54, 1.807) is 0 Å². The lowest BCUT2D eigenvalue weighted by atomic mass is 10.1. The van der Waals surface area contributed by atoms with Crippen LogP contribution in [0.25, 0.3) is 5.69 Å². The Morgan fingerprint density at radius 2 is 1.79 bits per heavy atom. The quantitative estimate of drug-likeness (QED) is 0.532. The number of hydrogen-bond donors (Lipinski definition) is 0. The van der Waals surface area contributed by atoms with Crippen molar-refractivity contribution in [3.63, 3.8) is 0 Å². The third-order valence-corrected chi connectivity index (χ3v) is 5.20. The third-order valence-electron chi connectivity index (χ3n) is 5.20. The first-order valence-electron chi connectivity index (χ1n) is 9.34. The van der Waals surface area contributed by atoms with Crippen LogP contribution in [0.15, 0.2) is 79.3 Å². The number of amides is 1. The number of carbonyl (C=O) groups excluding carboxylic acids is 1. The summed E-state index contributed by atoms with van der Waals surface area (Å²) >= 11 is 0. The van der Waals surface area contributed by atoms with Crippen LogP contribution in [-0.4, -0.2) is 20.3 Å². The van der Waals surface area contributed by atoms with Gasteiger partial charge in [0.1, 0.15) is 0 Å². The van der Waals surface area contributed by atoms with Gasteiger partial charge in [-0.25, -0.2) is 4.68 Å². The summed E-state index contributed by atoms with van der Waals surface area (Å²) in [5.74, 6) is 0.00490. The molecule has 1 aliphatic heterocycles. The first-order valence-corrected chi connectivity index (χ1v) is 9.34. The maximum Gasteiger partial charge on any atom is 0.258 e. The maximum atomic E-state index is 13.4. The van der Waals surface area contributed by atoms with Gasteiger partial charge in [0.05, 0.1) is 18.4 Å². The Labute approximate surface area is 163 Å². The Hall–Kier alpha value is -3.60. The smallest absolute Gasteiger partial charge is 0.258 e. The van der Waals surface area contributed by atoms with E-state index in [9.17, 15) is 4.79 Å². The molecular weight excluding hydrogens is 348 g/mol. The van der Waals surface area contributed by atoms with E-state index in [1.165, 1.54) is 0 Å². The SMILES string of the molecule is Cc1cnn(-c2ccc(C(=O)N3Cc4cccn4Cc4ccccc43)cc2)c1. The molecule has 2 aromatic carbocycles. The zero-order chi connectivity index (χ0) is 19.1. The molecule has 3 heterocycles. The summed E-state index contributed by atoms with van der Waals surface area (Å²) in [7, 11) is 0. The zero-order valence-electron chi connectivity index (χ0n) is 15.6. The summed E-state index contributed by atoms with van der Waals surface area (Å²) in [6, 6.07) is 19.9. The predicted octanol–water partition coefficient (Wildman–Crippen LogP) is 4.19. The second-order valence-corrected chi connectivity index (χ2v) is 7.16. The van der Waals surface area contributed by atoms with Crippen LogP contribution in [0.5, 0.6) is 0 Å². The van der Waals surface area contributed by atoms with Gasteiger partial charge in [-0.15, -0.1) is 0 Å². The molecule has 5 rings (SSSR count). The maximum absolute atomic E-state index is 13.4. The van der Waals surface area contributed by atoms with Gasteiger partial charge in [-0.05, 0) is 60.5 Å². The van der Waals surface area contributed by atoms with E-state index in [1.807, 2.05) is 77.4 Å². The lowest BCUT2D eigenvalue weighted by molar-refractivity contribution is 0.0985. The molecule has 0 bridgehead atoms. The number of rotatable bonds is 2. The molecule has 0 radical (unpaired) electrons. The van der Waals surface area contributed by atoms with Gasteiger partial charge in [-0.1, -0.05) is 18.2 Å². The first kappa shape index (κ1) is 16.6. The zero-order valence-corrected chi connectivity index (χ0v) is 15.6. The number of hydrogen-bond acceptors (Lipinski definition) is 2.